The summed E-state index contributed by atoms with van der Waals surface area (Å²) < 4.78 is 0. The van der Waals surface area contributed by atoms with Gasteiger partial charge in [-0.05, 0) is 12.5 Å². The first-order valence-electron chi connectivity index (χ1n) is 4.46. The van der Waals surface area contributed by atoms with E-state index < -0.39 is 0 Å². The predicted octanol–water partition coefficient (Wildman–Crippen LogP) is 2.69. The highest BCUT2D eigenvalue weighted by Crippen LogP contribution is 2.25. The second kappa shape index (κ2) is 5.51. The summed E-state index contributed by atoms with van der Waals surface area (Å²) in [5.74, 6) is 5.42. The summed E-state index contributed by atoms with van der Waals surface area (Å²) in [5.41, 5.74) is 3.44. The number of nitrogens with zero attached hydrogens (tertiary/aromatic N) is 1. The lowest BCUT2D eigenvalue weighted by Gasteiger charge is -2.15. The molecule has 1 unspecified atom stereocenters. The Hall–Kier alpha value is -0.350. The maximum absolute atomic E-state index is 6.00. The molecule has 78 valence electrons. The molecule has 1 rings (SSSR count). The smallest absolute Gasteiger partial charge is 0.0773 e. The van der Waals surface area contributed by atoms with Gasteiger partial charge in [-0.3, -0.25) is 16.3 Å². The van der Waals surface area contributed by atoms with E-state index in [1.54, 1.807) is 12.3 Å². The fourth-order valence-electron chi connectivity index (χ4n) is 1.27. The zero-order valence-electron chi connectivity index (χ0n) is 7.93. The average Bonchev–Trinajstić information content (AvgIpc) is 2.15. The molecule has 5 heteroatoms. The molecule has 14 heavy (non-hydrogen) atoms. The zero-order valence-corrected chi connectivity index (χ0v) is 9.44. The highest BCUT2D eigenvalue weighted by Gasteiger charge is 2.13. The van der Waals surface area contributed by atoms with Crippen molar-refractivity contribution in [3.63, 3.8) is 0 Å². The van der Waals surface area contributed by atoms with Gasteiger partial charge in [0.1, 0.15) is 0 Å². The molecule has 1 aromatic heterocycles. The first-order chi connectivity index (χ1) is 6.69. The Labute approximate surface area is 93.6 Å². The third kappa shape index (κ3) is 2.82. The van der Waals surface area contributed by atoms with Crippen LogP contribution in [0.25, 0.3) is 0 Å². The molecule has 0 saturated heterocycles. The molecule has 0 aliphatic heterocycles. The van der Waals surface area contributed by atoms with Crippen LogP contribution in [0.5, 0.6) is 0 Å². The first-order valence-corrected chi connectivity index (χ1v) is 5.21. The molecule has 1 atom stereocenters. The molecule has 0 saturated carbocycles. The lowest BCUT2D eigenvalue weighted by molar-refractivity contribution is 0.499. The van der Waals surface area contributed by atoms with Crippen molar-refractivity contribution in [3.8, 4) is 0 Å². The zero-order chi connectivity index (χ0) is 10.6. The summed E-state index contributed by atoms with van der Waals surface area (Å²) in [6, 6.07) is 1.66. The van der Waals surface area contributed by atoms with E-state index in [1.165, 1.54) is 0 Å². The van der Waals surface area contributed by atoms with Crippen LogP contribution < -0.4 is 11.3 Å². The fraction of sp³-hybridized carbons (Fsp3) is 0.444. The van der Waals surface area contributed by atoms with Crippen molar-refractivity contribution in [2.45, 2.75) is 25.8 Å². The maximum Gasteiger partial charge on any atom is 0.0773 e. The Bertz CT molecular complexity index is 304. The lowest BCUT2D eigenvalue weighted by Crippen LogP contribution is -2.28. The maximum atomic E-state index is 6.00. The average molecular weight is 234 g/mol. The summed E-state index contributed by atoms with van der Waals surface area (Å²) >= 11 is 11.7. The molecule has 1 heterocycles. The number of aromatic nitrogens is 1. The van der Waals surface area contributed by atoms with Crippen molar-refractivity contribution in [1.29, 1.82) is 0 Å². The molecule has 3 nitrogen and oxygen atoms in total. The molecule has 0 aliphatic carbocycles. The van der Waals surface area contributed by atoms with Crippen molar-refractivity contribution in [2.24, 2.45) is 5.84 Å². The van der Waals surface area contributed by atoms with E-state index in [0.29, 0.717) is 10.0 Å². The highest BCUT2D eigenvalue weighted by molar-refractivity contribution is 6.34. The number of hydrogen-bond donors (Lipinski definition) is 2. The van der Waals surface area contributed by atoms with Crippen molar-refractivity contribution >= 4 is 23.2 Å². The van der Waals surface area contributed by atoms with Crippen molar-refractivity contribution in [2.75, 3.05) is 0 Å². The number of nitrogens with one attached hydrogen (secondary N) is 1. The number of rotatable bonds is 4. The molecular formula is C9H13Cl2N3. The number of halogens is 2. The molecule has 0 bridgehead atoms. The molecule has 1 aromatic rings. The van der Waals surface area contributed by atoms with Crippen molar-refractivity contribution in [1.82, 2.24) is 10.4 Å². The van der Waals surface area contributed by atoms with E-state index in [-0.39, 0.29) is 6.04 Å². The summed E-state index contributed by atoms with van der Waals surface area (Å²) in [6.07, 6.45) is 3.48. The van der Waals surface area contributed by atoms with Gasteiger partial charge in [0.2, 0.25) is 0 Å². The Morgan fingerprint density at radius 2 is 2.29 bits per heavy atom. The summed E-state index contributed by atoms with van der Waals surface area (Å²) in [6.45, 7) is 2.08. The highest BCUT2D eigenvalue weighted by atomic mass is 35.5. The van der Waals surface area contributed by atoms with Crippen LogP contribution in [0.2, 0.25) is 10.0 Å². The van der Waals surface area contributed by atoms with Crippen LogP contribution >= 0.6 is 23.2 Å². The topological polar surface area (TPSA) is 50.9 Å². The third-order valence-electron chi connectivity index (χ3n) is 1.94. The van der Waals surface area contributed by atoms with Gasteiger partial charge < -0.3 is 0 Å². The monoisotopic (exact) mass is 233 g/mol. The van der Waals surface area contributed by atoms with Gasteiger partial charge in [0, 0.05) is 6.20 Å². The van der Waals surface area contributed by atoms with E-state index in [2.05, 4.69) is 17.3 Å². The molecular weight excluding hydrogens is 221 g/mol. The minimum atomic E-state index is -0.00948. The largest absolute Gasteiger partial charge is 0.271 e. The quantitative estimate of drug-likeness (QED) is 0.622. The minimum Gasteiger partial charge on any atom is -0.271 e. The van der Waals surface area contributed by atoms with Gasteiger partial charge >= 0.3 is 0 Å². The summed E-state index contributed by atoms with van der Waals surface area (Å²) in [4.78, 5) is 4.16. The van der Waals surface area contributed by atoms with Gasteiger partial charge in [0.15, 0.2) is 0 Å². The Kier molecular flexibility index (Phi) is 4.62. The number of nitrogens with two attached hydrogens (primary N) is 1. The Morgan fingerprint density at radius 1 is 1.57 bits per heavy atom. The number of pyridine rings is 1. The van der Waals surface area contributed by atoms with Crippen LogP contribution in [-0.2, 0) is 0 Å². The Balaban J connectivity index is 2.92. The van der Waals surface area contributed by atoms with Gasteiger partial charge in [-0.2, -0.15) is 0 Å². The first kappa shape index (κ1) is 11.7. The lowest BCUT2D eigenvalue weighted by atomic mass is 10.1. The van der Waals surface area contributed by atoms with E-state index in [9.17, 15) is 0 Å². The molecule has 0 aromatic carbocycles. The third-order valence-corrected chi connectivity index (χ3v) is 2.45. The van der Waals surface area contributed by atoms with Crippen LogP contribution in [0.4, 0.5) is 0 Å². The molecule has 3 N–H and O–H groups in total. The summed E-state index contributed by atoms with van der Waals surface area (Å²) in [5, 5.41) is 1.08. The van der Waals surface area contributed by atoms with Gasteiger partial charge in [0.05, 0.1) is 21.8 Å². The molecule has 0 amide bonds. The normalized spacial score (nSPS) is 12.9. The van der Waals surface area contributed by atoms with Crippen LogP contribution in [0, 0.1) is 0 Å². The van der Waals surface area contributed by atoms with E-state index in [1.807, 2.05) is 0 Å². The minimum absolute atomic E-state index is 0.00948. The van der Waals surface area contributed by atoms with Gasteiger partial charge in [0.25, 0.3) is 0 Å². The molecule has 0 aliphatic rings. The van der Waals surface area contributed by atoms with Crippen molar-refractivity contribution in [3.05, 3.63) is 28.0 Å². The second-order valence-electron chi connectivity index (χ2n) is 3.03. The van der Waals surface area contributed by atoms with Crippen LogP contribution in [0.1, 0.15) is 31.5 Å². The van der Waals surface area contributed by atoms with E-state index in [4.69, 9.17) is 29.0 Å². The van der Waals surface area contributed by atoms with E-state index in [0.717, 1.165) is 18.5 Å². The van der Waals surface area contributed by atoms with Crippen LogP contribution in [-0.4, -0.2) is 4.98 Å². The van der Waals surface area contributed by atoms with Gasteiger partial charge in [-0.25, -0.2) is 0 Å². The standard InChI is InChI=1S/C9H13Cl2N3/c1-2-3-8(14-12)9-7(11)4-6(10)5-13-9/h4-5,8,14H,2-3,12H2,1H3. The molecule has 0 spiro atoms. The predicted molar refractivity (Wildman–Crippen MR) is 59.2 cm³/mol. The SMILES string of the molecule is CCCC(NN)c1ncc(Cl)cc1Cl. The number of hydrazine groups is 1. The molecule has 0 radical (unpaired) electrons. The number of hydrogen-bond acceptors (Lipinski definition) is 3. The van der Waals surface area contributed by atoms with Gasteiger partial charge in [-0.1, -0.05) is 36.5 Å². The molecule has 0 fully saturated rings. The van der Waals surface area contributed by atoms with Crippen LogP contribution in [0.15, 0.2) is 12.3 Å². The van der Waals surface area contributed by atoms with Crippen molar-refractivity contribution < 1.29 is 0 Å². The van der Waals surface area contributed by atoms with Gasteiger partial charge in [-0.15, -0.1) is 0 Å². The van der Waals surface area contributed by atoms with Crippen LogP contribution in [0.3, 0.4) is 0 Å². The fourth-order valence-corrected chi connectivity index (χ4v) is 1.78. The van der Waals surface area contributed by atoms with E-state index >= 15 is 0 Å². The second-order valence-corrected chi connectivity index (χ2v) is 3.87. The summed E-state index contributed by atoms with van der Waals surface area (Å²) in [7, 11) is 0. The Morgan fingerprint density at radius 3 is 2.79 bits per heavy atom.